The zero-order valence-electron chi connectivity index (χ0n) is 15.5. The maximum Gasteiger partial charge on any atom is 0.269 e. The molecule has 2 aromatic rings. The largest absolute Gasteiger partial charge is 0.482 e. The van der Waals surface area contributed by atoms with Crippen LogP contribution in [0.4, 0.5) is 5.69 Å². The Morgan fingerprint density at radius 2 is 1.61 bits per heavy atom. The van der Waals surface area contributed by atoms with E-state index in [1.807, 2.05) is 12.1 Å². The number of sulfonamides is 1. The standard InChI is InChI=1S/C20H22N2O5S/c1-14-19(27-18-7-3-2-6-17(18)26-14)20(23)21-15-8-10-16(11-9-15)28(24,25)22-12-4-5-13-22/h2-3,6-11,14,19H,4-5,12-13H2,1H3,(H,21,23). The van der Waals surface area contributed by atoms with Gasteiger partial charge in [-0.25, -0.2) is 8.42 Å². The van der Waals surface area contributed by atoms with Crippen molar-refractivity contribution in [1.29, 1.82) is 0 Å². The van der Waals surface area contributed by atoms with Gasteiger partial charge in [-0.2, -0.15) is 4.31 Å². The number of amides is 1. The van der Waals surface area contributed by atoms with E-state index in [1.165, 1.54) is 16.4 Å². The normalized spacial score (nSPS) is 22.0. The Labute approximate surface area is 164 Å². The Morgan fingerprint density at radius 3 is 2.25 bits per heavy atom. The first-order valence-corrected chi connectivity index (χ1v) is 10.7. The zero-order valence-corrected chi connectivity index (χ0v) is 16.3. The third-order valence-corrected chi connectivity index (χ3v) is 6.84. The van der Waals surface area contributed by atoms with Crippen LogP contribution in [0, 0.1) is 0 Å². The summed E-state index contributed by atoms with van der Waals surface area (Å²) in [6, 6.07) is 13.4. The lowest BCUT2D eigenvalue weighted by atomic mass is 10.1. The van der Waals surface area contributed by atoms with Crippen molar-refractivity contribution in [1.82, 2.24) is 4.31 Å². The van der Waals surface area contributed by atoms with Crippen molar-refractivity contribution in [3.05, 3.63) is 48.5 Å². The van der Waals surface area contributed by atoms with E-state index in [0.29, 0.717) is 30.3 Å². The molecule has 7 nitrogen and oxygen atoms in total. The van der Waals surface area contributed by atoms with Crippen LogP contribution in [-0.4, -0.2) is 43.9 Å². The zero-order chi connectivity index (χ0) is 19.7. The Bertz CT molecular complexity index is 968. The van der Waals surface area contributed by atoms with E-state index < -0.39 is 22.2 Å². The fraction of sp³-hybridized carbons (Fsp3) is 0.350. The second-order valence-electron chi connectivity index (χ2n) is 6.93. The molecule has 2 heterocycles. The van der Waals surface area contributed by atoms with E-state index in [4.69, 9.17) is 9.47 Å². The Kier molecular flexibility index (Phi) is 4.99. The number of carbonyl (C=O) groups is 1. The molecule has 0 radical (unpaired) electrons. The molecule has 0 spiro atoms. The predicted molar refractivity (Wildman–Crippen MR) is 104 cm³/mol. The molecule has 2 aliphatic heterocycles. The number of benzene rings is 2. The summed E-state index contributed by atoms with van der Waals surface area (Å²) in [4.78, 5) is 12.9. The van der Waals surface area contributed by atoms with Gasteiger partial charge in [0.1, 0.15) is 6.10 Å². The number of ether oxygens (including phenoxy) is 2. The Balaban J connectivity index is 1.45. The minimum atomic E-state index is -3.47. The van der Waals surface area contributed by atoms with Crippen LogP contribution in [0.1, 0.15) is 19.8 Å². The molecular formula is C20H22N2O5S. The van der Waals surface area contributed by atoms with Crippen LogP contribution in [-0.2, 0) is 14.8 Å². The van der Waals surface area contributed by atoms with Gasteiger partial charge in [0.15, 0.2) is 11.5 Å². The molecule has 2 aromatic carbocycles. The van der Waals surface area contributed by atoms with Gasteiger partial charge in [-0.05, 0) is 56.2 Å². The first-order chi connectivity index (χ1) is 13.4. The summed E-state index contributed by atoms with van der Waals surface area (Å²) in [7, 11) is -3.47. The number of carbonyl (C=O) groups excluding carboxylic acids is 1. The molecule has 28 heavy (non-hydrogen) atoms. The maximum atomic E-state index is 12.6. The number of nitrogens with one attached hydrogen (secondary N) is 1. The lowest BCUT2D eigenvalue weighted by Gasteiger charge is -2.31. The second kappa shape index (κ2) is 7.44. The highest BCUT2D eigenvalue weighted by Gasteiger charge is 2.34. The van der Waals surface area contributed by atoms with Crippen LogP contribution in [0.25, 0.3) is 0 Å². The van der Waals surface area contributed by atoms with Crippen LogP contribution in [0.15, 0.2) is 53.4 Å². The van der Waals surface area contributed by atoms with Crippen molar-refractivity contribution in [3.8, 4) is 11.5 Å². The molecule has 2 unspecified atom stereocenters. The van der Waals surface area contributed by atoms with Crippen molar-refractivity contribution in [3.63, 3.8) is 0 Å². The Morgan fingerprint density at radius 1 is 1.00 bits per heavy atom. The molecule has 0 saturated carbocycles. The Hall–Kier alpha value is -2.58. The molecule has 1 N–H and O–H groups in total. The quantitative estimate of drug-likeness (QED) is 0.850. The number of hydrogen-bond acceptors (Lipinski definition) is 5. The van der Waals surface area contributed by atoms with Gasteiger partial charge in [-0.3, -0.25) is 4.79 Å². The number of para-hydroxylation sites is 2. The molecule has 1 fully saturated rings. The van der Waals surface area contributed by atoms with Gasteiger partial charge in [0, 0.05) is 18.8 Å². The summed E-state index contributed by atoms with van der Waals surface area (Å²) < 4.78 is 38.2. The summed E-state index contributed by atoms with van der Waals surface area (Å²) in [5.41, 5.74) is 0.500. The van der Waals surface area contributed by atoms with E-state index in [9.17, 15) is 13.2 Å². The summed E-state index contributed by atoms with van der Waals surface area (Å²) in [6.07, 6.45) is 0.517. The summed E-state index contributed by atoms with van der Waals surface area (Å²) in [6.45, 7) is 2.88. The maximum absolute atomic E-state index is 12.6. The van der Waals surface area contributed by atoms with Crippen molar-refractivity contribution < 1.29 is 22.7 Å². The van der Waals surface area contributed by atoms with Gasteiger partial charge in [0.25, 0.3) is 5.91 Å². The molecular weight excluding hydrogens is 380 g/mol. The van der Waals surface area contributed by atoms with Crippen molar-refractivity contribution >= 4 is 21.6 Å². The van der Waals surface area contributed by atoms with E-state index in [0.717, 1.165) is 12.8 Å². The molecule has 0 aromatic heterocycles. The van der Waals surface area contributed by atoms with Gasteiger partial charge < -0.3 is 14.8 Å². The molecule has 1 amide bonds. The first kappa shape index (κ1) is 18.8. The molecule has 0 bridgehead atoms. The van der Waals surface area contributed by atoms with E-state index in [-0.39, 0.29) is 10.8 Å². The average molecular weight is 402 g/mol. The van der Waals surface area contributed by atoms with Crippen molar-refractivity contribution in [2.45, 2.75) is 36.9 Å². The highest BCUT2D eigenvalue weighted by Crippen LogP contribution is 2.33. The summed E-state index contributed by atoms with van der Waals surface area (Å²) in [5, 5.41) is 2.77. The monoisotopic (exact) mass is 402 g/mol. The molecule has 0 aliphatic carbocycles. The van der Waals surface area contributed by atoms with Crippen molar-refractivity contribution in [2.75, 3.05) is 18.4 Å². The van der Waals surface area contributed by atoms with Crippen LogP contribution >= 0.6 is 0 Å². The number of anilines is 1. The highest BCUT2D eigenvalue weighted by molar-refractivity contribution is 7.89. The minimum absolute atomic E-state index is 0.229. The van der Waals surface area contributed by atoms with Crippen LogP contribution in [0.2, 0.25) is 0 Å². The summed E-state index contributed by atoms with van der Waals surface area (Å²) in [5.74, 6) is 0.778. The van der Waals surface area contributed by atoms with Crippen molar-refractivity contribution in [2.24, 2.45) is 0 Å². The molecule has 4 rings (SSSR count). The smallest absolute Gasteiger partial charge is 0.269 e. The SMILES string of the molecule is CC1Oc2ccccc2OC1C(=O)Nc1ccc(S(=O)(=O)N2CCCC2)cc1. The molecule has 1 saturated heterocycles. The predicted octanol–water partition coefficient (Wildman–Crippen LogP) is 2.64. The van der Waals surface area contributed by atoms with E-state index in [2.05, 4.69) is 5.32 Å². The first-order valence-electron chi connectivity index (χ1n) is 9.28. The summed E-state index contributed by atoms with van der Waals surface area (Å²) >= 11 is 0. The number of fused-ring (bicyclic) bond motifs is 1. The number of rotatable bonds is 4. The molecule has 2 atom stereocenters. The fourth-order valence-corrected chi connectivity index (χ4v) is 4.92. The van der Waals surface area contributed by atoms with Crippen LogP contribution in [0.3, 0.4) is 0 Å². The lowest BCUT2D eigenvalue weighted by Crippen LogP contribution is -2.46. The van der Waals surface area contributed by atoms with E-state index >= 15 is 0 Å². The molecule has 2 aliphatic rings. The lowest BCUT2D eigenvalue weighted by molar-refractivity contribution is -0.128. The number of hydrogen-bond donors (Lipinski definition) is 1. The molecule has 148 valence electrons. The minimum Gasteiger partial charge on any atom is -0.482 e. The highest BCUT2D eigenvalue weighted by atomic mass is 32.2. The van der Waals surface area contributed by atoms with Gasteiger partial charge in [0.2, 0.25) is 16.1 Å². The van der Waals surface area contributed by atoms with Gasteiger partial charge in [0.05, 0.1) is 4.90 Å². The van der Waals surface area contributed by atoms with Gasteiger partial charge in [-0.15, -0.1) is 0 Å². The number of nitrogens with zero attached hydrogens (tertiary/aromatic N) is 1. The average Bonchev–Trinajstić information content (AvgIpc) is 3.23. The second-order valence-corrected chi connectivity index (χ2v) is 8.87. The van der Waals surface area contributed by atoms with Crippen LogP contribution < -0.4 is 14.8 Å². The topological polar surface area (TPSA) is 84.9 Å². The van der Waals surface area contributed by atoms with Gasteiger partial charge in [-0.1, -0.05) is 12.1 Å². The third kappa shape index (κ3) is 3.57. The van der Waals surface area contributed by atoms with E-state index in [1.54, 1.807) is 31.2 Å². The fourth-order valence-electron chi connectivity index (χ4n) is 3.41. The molecule has 8 heteroatoms. The third-order valence-electron chi connectivity index (χ3n) is 4.93. The van der Waals surface area contributed by atoms with Gasteiger partial charge >= 0.3 is 0 Å². The van der Waals surface area contributed by atoms with Crippen LogP contribution in [0.5, 0.6) is 11.5 Å².